The summed E-state index contributed by atoms with van der Waals surface area (Å²) in [5.41, 5.74) is 9.26. The first-order chi connectivity index (χ1) is 10.2. The Bertz CT molecular complexity index is 652. The molecule has 0 radical (unpaired) electrons. The number of pyridine rings is 1. The zero-order valence-electron chi connectivity index (χ0n) is 12.1. The Labute approximate surface area is 130 Å². The molecule has 110 valence electrons. The Hall–Kier alpha value is -1.88. The molecule has 0 saturated heterocycles. The molecule has 0 fully saturated rings. The van der Waals surface area contributed by atoms with Crippen LogP contribution in [0.1, 0.15) is 35.9 Å². The molecule has 21 heavy (non-hydrogen) atoms. The molecular formula is C16H19N3OS. The maximum Gasteiger partial charge on any atom is 0.139 e. The van der Waals surface area contributed by atoms with Crippen molar-refractivity contribution in [2.45, 2.75) is 32.7 Å². The second-order valence-electron chi connectivity index (χ2n) is 5.28. The van der Waals surface area contributed by atoms with Crippen LogP contribution in [0.3, 0.4) is 0 Å². The fraction of sp³-hybridized carbons (Fsp3) is 0.375. The summed E-state index contributed by atoms with van der Waals surface area (Å²) >= 11 is 5.22. The summed E-state index contributed by atoms with van der Waals surface area (Å²) in [5.74, 6) is 1.79. The normalized spacial score (nSPS) is 13.2. The standard InChI is InChI=1S/C16H19N3OS/c1-2-19(10-12-6-4-8-20-12)16-13(15(17)21)9-11-5-3-7-14(11)18-16/h4,6,8-9H,2-3,5,7,10H2,1H3,(H2,17,21). The van der Waals surface area contributed by atoms with E-state index in [-0.39, 0.29) is 0 Å². The monoisotopic (exact) mass is 301 g/mol. The van der Waals surface area contributed by atoms with Crippen LogP contribution >= 0.6 is 12.2 Å². The summed E-state index contributed by atoms with van der Waals surface area (Å²) in [6.45, 7) is 3.59. The van der Waals surface area contributed by atoms with Gasteiger partial charge in [-0.25, -0.2) is 4.98 Å². The Balaban J connectivity index is 2.00. The van der Waals surface area contributed by atoms with Crippen LogP contribution in [0.2, 0.25) is 0 Å². The molecular weight excluding hydrogens is 282 g/mol. The van der Waals surface area contributed by atoms with Crippen LogP contribution in [-0.4, -0.2) is 16.5 Å². The summed E-state index contributed by atoms with van der Waals surface area (Å²) < 4.78 is 5.45. The minimum atomic E-state index is 0.407. The van der Waals surface area contributed by atoms with Gasteiger partial charge in [-0.1, -0.05) is 12.2 Å². The Morgan fingerprint density at radius 2 is 2.33 bits per heavy atom. The lowest BCUT2D eigenvalue weighted by Crippen LogP contribution is -2.27. The fourth-order valence-corrected chi connectivity index (χ4v) is 2.96. The summed E-state index contributed by atoms with van der Waals surface area (Å²) in [4.78, 5) is 7.41. The van der Waals surface area contributed by atoms with Crippen molar-refractivity contribution in [1.82, 2.24) is 4.98 Å². The van der Waals surface area contributed by atoms with E-state index in [4.69, 9.17) is 27.4 Å². The van der Waals surface area contributed by atoms with Gasteiger partial charge in [-0.2, -0.15) is 0 Å². The predicted molar refractivity (Wildman–Crippen MR) is 87.6 cm³/mol. The van der Waals surface area contributed by atoms with Gasteiger partial charge < -0.3 is 15.1 Å². The van der Waals surface area contributed by atoms with E-state index < -0.39 is 0 Å². The summed E-state index contributed by atoms with van der Waals surface area (Å²) in [5, 5.41) is 0. The van der Waals surface area contributed by atoms with Crippen LogP contribution in [0, 0.1) is 0 Å². The van der Waals surface area contributed by atoms with E-state index in [2.05, 4.69) is 17.9 Å². The van der Waals surface area contributed by atoms with Crippen LogP contribution in [0.15, 0.2) is 28.9 Å². The van der Waals surface area contributed by atoms with E-state index in [1.54, 1.807) is 6.26 Å². The number of hydrogen-bond donors (Lipinski definition) is 1. The molecule has 2 aromatic rings. The molecule has 3 rings (SSSR count). The molecule has 2 heterocycles. The topological polar surface area (TPSA) is 55.3 Å². The second kappa shape index (κ2) is 5.85. The van der Waals surface area contributed by atoms with Crippen molar-refractivity contribution in [3.63, 3.8) is 0 Å². The number of hydrogen-bond acceptors (Lipinski definition) is 4. The third-order valence-electron chi connectivity index (χ3n) is 3.90. The number of nitrogens with two attached hydrogens (primary N) is 1. The van der Waals surface area contributed by atoms with Crippen molar-refractivity contribution in [1.29, 1.82) is 0 Å². The third-order valence-corrected chi connectivity index (χ3v) is 4.12. The quantitative estimate of drug-likeness (QED) is 0.861. The zero-order valence-corrected chi connectivity index (χ0v) is 12.9. The minimum absolute atomic E-state index is 0.407. The zero-order chi connectivity index (χ0) is 14.8. The first-order valence-electron chi connectivity index (χ1n) is 7.29. The van der Waals surface area contributed by atoms with Gasteiger partial charge in [0.2, 0.25) is 0 Å². The molecule has 2 N–H and O–H groups in total. The maximum absolute atomic E-state index is 5.92. The van der Waals surface area contributed by atoms with E-state index in [0.717, 1.165) is 42.9 Å². The first kappa shape index (κ1) is 14.1. The lowest BCUT2D eigenvalue weighted by molar-refractivity contribution is 0.502. The predicted octanol–water partition coefficient (Wildman–Crippen LogP) is 2.82. The number of rotatable bonds is 5. The molecule has 0 spiro atoms. The molecule has 1 aliphatic carbocycles. The fourth-order valence-electron chi connectivity index (χ4n) is 2.81. The van der Waals surface area contributed by atoms with E-state index in [0.29, 0.717) is 11.5 Å². The Morgan fingerprint density at radius 1 is 1.48 bits per heavy atom. The van der Waals surface area contributed by atoms with E-state index in [9.17, 15) is 0 Å². The van der Waals surface area contributed by atoms with Crippen LogP contribution in [0.4, 0.5) is 5.82 Å². The van der Waals surface area contributed by atoms with Gasteiger partial charge in [0.1, 0.15) is 16.6 Å². The number of furan rings is 1. The smallest absolute Gasteiger partial charge is 0.139 e. The van der Waals surface area contributed by atoms with Crippen LogP contribution in [0.25, 0.3) is 0 Å². The van der Waals surface area contributed by atoms with Crippen molar-refractivity contribution < 1.29 is 4.42 Å². The van der Waals surface area contributed by atoms with Gasteiger partial charge in [-0.15, -0.1) is 0 Å². The van der Waals surface area contributed by atoms with E-state index >= 15 is 0 Å². The lowest BCUT2D eigenvalue weighted by Gasteiger charge is -2.24. The average Bonchev–Trinajstić information content (AvgIpc) is 3.14. The molecule has 0 amide bonds. The number of nitrogens with zero attached hydrogens (tertiary/aromatic N) is 2. The minimum Gasteiger partial charge on any atom is -0.467 e. The van der Waals surface area contributed by atoms with E-state index in [1.807, 2.05) is 12.1 Å². The molecule has 0 saturated carbocycles. The molecule has 4 nitrogen and oxygen atoms in total. The highest BCUT2D eigenvalue weighted by molar-refractivity contribution is 7.80. The second-order valence-corrected chi connectivity index (χ2v) is 5.72. The molecule has 0 bridgehead atoms. The molecule has 5 heteroatoms. The highest BCUT2D eigenvalue weighted by atomic mass is 32.1. The van der Waals surface area contributed by atoms with Crippen molar-refractivity contribution in [3.8, 4) is 0 Å². The molecule has 0 atom stereocenters. The molecule has 2 aromatic heterocycles. The number of aromatic nitrogens is 1. The molecule has 0 aliphatic heterocycles. The Morgan fingerprint density at radius 3 is 3.00 bits per heavy atom. The summed E-state index contributed by atoms with van der Waals surface area (Å²) in [6.07, 6.45) is 4.96. The number of anilines is 1. The van der Waals surface area contributed by atoms with Gasteiger partial charge >= 0.3 is 0 Å². The Kier molecular flexibility index (Phi) is 3.92. The summed E-state index contributed by atoms with van der Waals surface area (Å²) in [6, 6.07) is 5.99. The molecule has 0 aromatic carbocycles. The number of fused-ring (bicyclic) bond motifs is 1. The van der Waals surface area contributed by atoms with Crippen LogP contribution < -0.4 is 10.6 Å². The SMILES string of the molecule is CCN(Cc1ccco1)c1nc2c(cc1C(N)=S)CCC2. The lowest BCUT2D eigenvalue weighted by atomic mass is 10.1. The number of aryl methyl sites for hydroxylation is 2. The molecule has 1 aliphatic rings. The van der Waals surface area contributed by atoms with Gasteiger partial charge in [0.05, 0.1) is 18.4 Å². The molecule has 0 unspecified atom stereocenters. The highest BCUT2D eigenvalue weighted by Crippen LogP contribution is 2.28. The van der Waals surface area contributed by atoms with Gasteiger partial charge in [-0.3, -0.25) is 0 Å². The third kappa shape index (κ3) is 2.78. The van der Waals surface area contributed by atoms with Crippen molar-refractivity contribution in [2.24, 2.45) is 5.73 Å². The van der Waals surface area contributed by atoms with Gasteiger partial charge in [0.15, 0.2) is 0 Å². The summed E-state index contributed by atoms with van der Waals surface area (Å²) in [7, 11) is 0. The van der Waals surface area contributed by atoms with Gasteiger partial charge in [0, 0.05) is 12.2 Å². The van der Waals surface area contributed by atoms with Crippen molar-refractivity contribution in [2.75, 3.05) is 11.4 Å². The van der Waals surface area contributed by atoms with Crippen molar-refractivity contribution in [3.05, 3.63) is 47.0 Å². The number of thiocarbonyl (C=S) groups is 1. The highest BCUT2D eigenvalue weighted by Gasteiger charge is 2.21. The van der Waals surface area contributed by atoms with Crippen LogP contribution in [0.5, 0.6) is 0 Å². The maximum atomic E-state index is 5.92. The first-order valence-corrected chi connectivity index (χ1v) is 7.69. The van der Waals surface area contributed by atoms with Crippen LogP contribution in [-0.2, 0) is 19.4 Å². The van der Waals surface area contributed by atoms with Gasteiger partial charge in [-0.05, 0) is 49.9 Å². The van der Waals surface area contributed by atoms with Gasteiger partial charge in [0.25, 0.3) is 0 Å². The largest absolute Gasteiger partial charge is 0.467 e. The van der Waals surface area contributed by atoms with Crippen molar-refractivity contribution >= 4 is 23.0 Å². The van der Waals surface area contributed by atoms with E-state index in [1.165, 1.54) is 11.3 Å². The average molecular weight is 301 g/mol.